The zero-order valence-electron chi connectivity index (χ0n) is 10.7. The van der Waals surface area contributed by atoms with Crippen LogP contribution in [0.25, 0.3) is 0 Å². The highest BCUT2D eigenvalue weighted by molar-refractivity contribution is 7.84. The van der Waals surface area contributed by atoms with Gasteiger partial charge in [-0.2, -0.15) is 13.2 Å². The number of hydrogen-bond acceptors (Lipinski definition) is 2. The summed E-state index contributed by atoms with van der Waals surface area (Å²) in [5.41, 5.74) is 0.623. The molecule has 1 N–H and O–H groups in total. The van der Waals surface area contributed by atoms with Gasteiger partial charge < -0.3 is 5.32 Å². The van der Waals surface area contributed by atoms with E-state index in [0.717, 1.165) is 0 Å². The number of halogens is 3. The second-order valence-corrected chi connectivity index (χ2v) is 5.92. The van der Waals surface area contributed by atoms with Crippen molar-refractivity contribution in [3.05, 3.63) is 35.9 Å². The van der Waals surface area contributed by atoms with Crippen LogP contribution < -0.4 is 5.32 Å². The summed E-state index contributed by atoms with van der Waals surface area (Å²) in [4.78, 5) is 0. The molecule has 0 bridgehead atoms. The van der Waals surface area contributed by atoms with E-state index in [4.69, 9.17) is 0 Å². The van der Waals surface area contributed by atoms with Crippen molar-refractivity contribution in [3.63, 3.8) is 0 Å². The fraction of sp³-hybridized carbons (Fsp3) is 0.538. The first-order valence-electron chi connectivity index (χ1n) is 6.03. The van der Waals surface area contributed by atoms with E-state index >= 15 is 0 Å². The molecule has 19 heavy (non-hydrogen) atoms. The van der Waals surface area contributed by atoms with Gasteiger partial charge in [0.1, 0.15) is 0 Å². The third-order valence-corrected chi connectivity index (χ3v) is 3.50. The average molecular weight is 293 g/mol. The first-order valence-corrected chi connectivity index (χ1v) is 7.76. The van der Waals surface area contributed by atoms with Gasteiger partial charge in [0.05, 0.1) is 6.42 Å². The molecule has 6 heteroatoms. The Kier molecular flexibility index (Phi) is 6.51. The summed E-state index contributed by atoms with van der Waals surface area (Å²) >= 11 is 0. The lowest BCUT2D eigenvalue weighted by Gasteiger charge is -2.20. The zero-order chi connectivity index (χ0) is 14.3. The maximum atomic E-state index is 12.5. The summed E-state index contributed by atoms with van der Waals surface area (Å²) in [6, 6.07) is 7.84. The van der Waals surface area contributed by atoms with Gasteiger partial charge in [-0.05, 0) is 18.5 Å². The molecule has 1 aromatic rings. The van der Waals surface area contributed by atoms with Gasteiger partial charge in [-0.1, -0.05) is 30.3 Å². The van der Waals surface area contributed by atoms with Crippen LogP contribution in [0.5, 0.6) is 0 Å². The molecule has 0 heterocycles. The quantitative estimate of drug-likeness (QED) is 0.783. The lowest BCUT2D eigenvalue weighted by Crippen LogP contribution is -2.28. The first kappa shape index (κ1) is 16.2. The van der Waals surface area contributed by atoms with Crippen LogP contribution in [0.3, 0.4) is 0 Å². The van der Waals surface area contributed by atoms with Crippen LogP contribution in [0.4, 0.5) is 13.2 Å². The predicted octanol–water partition coefficient (Wildman–Crippen LogP) is 3.04. The van der Waals surface area contributed by atoms with Gasteiger partial charge in [-0.3, -0.25) is 4.21 Å². The van der Waals surface area contributed by atoms with E-state index in [1.54, 1.807) is 36.6 Å². The Bertz CT molecular complexity index is 395. The molecule has 0 amide bonds. The van der Waals surface area contributed by atoms with Gasteiger partial charge in [-0.15, -0.1) is 0 Å². The molecule has 0 aliphatic heterocycles. The fourth-order valence-corrected chi connectivity index (χ4v) is 2.33. The highest BCUT2D eigenvalue weighted by atomic mass is 32.2. The normalized spacial score (nSPS) is 15.2. The SMILES string of the molecule is CS(=O)CCCNC(CC(F)(F)F)c1ccccc1. The monoisotopic (exact) mass is 293 g/mol. The van der Waals surface area contributed by atoms with Gasteiger partial charge in [0, 0.05) is 28.9 Å². The molecule has 0 aromatic heterocycles. The van der Waals surface area contributed by atoms with Crippen molar-refractivity contribution >= 4 is 10.8 Å². The Labute approximate surface area is 113 Å². The minimum Gasteiger partial charge on any atom is -0.310 e. The highest BCUT2D eigenvalue weighted by Crippen LogP contribution is 2.29. The summed E-state index contributed by atoms with van der Waals surface area (Å²) in [5.74, 6) is 0.501. The molecule has 0 saturated heterocycles. The molecular formula is C13H18F3NOS. The van der Waals surface area contributed by atoms with Crippen molar-refractivity contribution in [3.8, 4) is 0 Å². The van der Waals surface area contributed by atoms with Crippen molar-refractivity contribution in [2.75, 3.05) is 18.6 Å². The molecule has 1 rings (SSSR count). The Balaban J connectivity index is 2.58. The van der Waals surface area contributed by atoms with Crippen LogP contribution in [0.15, 0.2) is 30.3 Å². The summed E-state index contributed by atoms with van der Waals surface area (Å²) in [5, 5.41) is 2.89. The van der Waals surface area contributed by atoms with Gasteiger partial charge in [0.25, 0.3) is 0 Å². The standard InChI is InChI=1S/C13H18F3NOS/c1-19(18)9-5-8-17-12(10-13(14,15)16)11-6-3-2-4-7-11/h2-4,6-7,12,17H,5,8-10H2,1H3. The predicted molar refractivity (Wildman–Crippen MR) is 71.4 cm³/mol. The molecule has 108 valence electrons. The van der Waals surface area contributed by atoms with E-state index in [0.29, 0.717) is 24.3 Å². The van der Waals surface area contributed by atoms with Crippen molar-refractivity contribution in [1.82, 2.24) is 5.32 Å². The Morgan fingerprint density at radius 2 is 1.89 bits per heavy atom. The molecule has 0 aliphatic rings. The highest BCUT2D eigenvalue weighted by Gasteiger charge is 2.32. The van der Waals surface area contributed by atoms with Gasteiger partial charge >= 0.3 is 6.18 Å². The number of nitrogens with one attached hydrogen (secondary N) is 1. The smallest absolute Gasteiger partial charge is 0.310 e. The van der Waals surface area contributed by atoms with E-state index in [-0.39, 0.29) is 0 Å². The molecule has 2 nitrogen and oxygen atoms in total. The van der Waals surface area contributed by atoms with Crippen molar-refractivity contribution < 1.29 is 17.4 Å². The lowest BCUT2D eigenvalue weighted by atomic mass is 10.0. The number of rotatable bonds is 7. The Hall–Kier alpha value is -0.880. The molecule has 0 fully saturated rings. The largest absolute Gasteiger partial charge is 0.390 e. The maximum Gasteiger partial charge on any atom is 0.390 e. The molecule has 0 radical (unpaired) electrons. The molecule has 2 atom stereocenters. The van der Waals surface area contributed by atoms with E-state index in [1.807, 2.05) is 0 Å². The van der Waals surface area contributed by atoms with Crippen LogP contribution in [-0.4, -0.2) is 28.9 Å². The lowest BCUT2D eigenvalue weighted by molar-refractivity contribution is -0.140. The van der Waals surface area contributed by atoms with Gasteiger partial charge in [0.2, 0.25) is 0 Å². The zero-order valence-corrected chi connectivity index (χ0v) is 11.6. The third kappa shape index (κ3) is 7.32. The summed E-state index contributed by atoms with van der Waals surface area (Å²) in [6.07, 6.45) is -2.91. The van der Waals surface area contributed by atoms with E-state index in [1.165, 1.54) is 0 Å². The van der Waals surface area contributed by atoms with Crippen molar-refractivity contribution in [2.45, 2.75) is 25.1 Å². The average Bonchev–Trinajstić information content (AvgIpc) is 2.32. The molecule has 0 saturated carbocycles. The Morgan fingerprint density at radius 3 is 2.42 bits per heavy atom. The first-order chi connectivity index (χ1) is 8.88. The number of benzene rings is 1. The topological polar surface area (TPSA) is 29.1 Å². The van der Waals surface area contributed by atoms with Gasteiger partial charge in [-0.25, -0.2) is 0 Å². The van der Waals surface area contributed by atoms with Crippen LogP contribution >= 0.6 is 0 Å². The Morgan fingerprint density at radius 1 is 1.26 bits per heavy atom. The molecule has 2 unspecified atom stereocenters. The maximum absolute atomic E-state index is 12.5. The fourth-order valence-electron chi connectivity index (χ4n) is 1.78. The van der Waals surface area contributed by atoms with Crippen LogP contribution in [-0.2, 0) is 10.8 Å². The molecule has 1 aromatic carbocycles. The summed E-state index contributed by atoms with van der Waals surface area (Å²) in [6.45, 7) is 0.426. The van der Waals surface area contributed by atoms with E-state index in [2.05, 4.69) is 5.32 Å². The minimum atomic E-state index is -4.21. The summed E-state index contributed by atoms with van der Waals surface area (Å²) < 4.78 is 48.5. The minimum absolute atomic E-state index is 0.426. The van der Waals surface area contributed by atoms with E-state index < -0.39 is 29.4 Å². The second kappa shape index (κ2) is 7.65. The molecular weight excluding hydrogens is 275 g/mol. The van der Waals surface area contributed by atoms with Crippen molar-refractivity contribution in [1.29, 1.82) is 0 Å². The van der Waals surface area contributed by atoms with Gasteiger partial charge in [0.15, 0.2) is 0 Å². The van der Waals surface area contributed by atoms with Crippen molar-refractivity contribution in [2.24, 2.45) is 0 Å². The number of hydrogen-bond donors (Lipinski definition) is 1. The summed E-state index contributed by atoms with van der Waals surface area (Å²) in [7, 11) is -0.906. The second-order valence-electron chi connectivity index (χ2n) is 4.37. The molecule has 0 aliphatic carbocycles. The van der Waals surface area contributed by atoms with E-state index in [9.17, 15) is 17.4 Å². The van der Waals surface area contributed by atoms with Crippen LogP contribution in [0.2, 0.25) is 0 Å². The number of alkyl halides is 3. The molecule has 0 spiro atoms. The third-order valence-electron chi connectivity index (χ3n) is 2.64. The van der Waals surface area contributed by atoms with Crippen LogP contribution in [0, 0.1) is 0 Å². The van der Waals surface area contributed by atoms with Crippen LogP contribution in [0.1, 0.15) is 24.4 Å².